The molecule has 116 valence electrons. The van der Waals surface area contributed by atoms with Crippen molar-refractivity contribution >= 4 is 11.8 Å². The molecular formula is C16H25N3O2. The standard InChI is InChI=1S/C16H25N3O2/c1-11(2)14(16(21)18-9-5-8-17)19-15(20)13-7-4-6-12(3)10-13/h4,6-7,10-11,14H,5,8-9,17H2,1-3H3,(H,18,21)(H,19,20). The van der Waals surface area contributed by atoms with E-state index in [0.29, 0.717) is 18.7 Å². The van der Waals surface area contributed by atoms with Crippen molar-refractivity contribution < 1.29 is 9.59 Å². The van der Waals surface area contributed by atoms with Gasteiger partial charge in [0.05, 0.1) is 0 Å². The molecule has 5 heteroatoms. The predicted octanol–water partition coefficient (Wildman–Crippen LogP) is 1.21. The number of amides is 2. The van der Waals surface area contributed by atoms with Crippen molar-refractivity contribution in [2.75, 3.05) is 13.1 Å². The zero-order chi connectivity index (χ0) is 15.8. The van der Waals surface area contributed by atoms with Crippen LogP contribution >= 0.6 is 0 Å². The Morgan fingerprint density at radius 2 is 2.00 bits per heavy atom. The minimum Gasteiger partial charge on any atom is -0.354 e. The Balaban J connectivity index is 2.69. The Bertz CT molecular complexity index is 486. The van der Waals surface area contributed by atoms with Gasteiger partial charge in [-0.15, -0.1) is 0 Å². The highest BCUT2D eigenvalue weighted by atomic mass is 16.2. The maximum atomic E-state index is 12.2. The predicted molar refractivity (Wildman–Crippen MR) is 84.0 cm³/mol. The molecule has 5 nitrogen and oxygen atoms in total. The van der Waals surface area contributed by atoms with E-state index in [1.165, 1.54) is 0 Å². The average molecular weight is 291 g/mol. The molecular weight excluding hydrogens is 266 g/mol. The van der Waals surface area contributed by atoms with Crippen LogP contribution in [-0.2, 0) is 4.79 Å². The van der Waals surface area contributed by atoms with Crippen LogP contribution in [-0.4, -0.2) is 30.9 Å². The van der Waals surface area contributed by atoms with Crippen LogP contribution in [0.15, 0.2) is 24.3 Å². The van der Waals surface area contributed by atoms with Gasteiger partial charge in [-0.2, -0.15) is 0 Å². The monoisotopic (exact) mass is 291 g/mol. The quantitative estimate of drug-likeness (QED) is 0.660. The maximum Gasteiger partial charge on any atom is 0.251 e. The molecule has 1 rings (SSSR count). The SMILES string of the molecule is Cc1cccc(C(=O)NC(C(=O)NCCCN)C(C)C)c1. The molecule has 1 unspecified atom stereocenters. The van der Waals surface area contributed by atoms with E-state index in [-0.39, 0.29) is 17.7 Å². The average Bonchev–Trinajstić information content (AvgIpc) is 2.44. The fourth-order valence-corrected chi connectivity index (χ4v) is 1.97. The van der Waals surface area contributed by atoms with Crippen molar-refractivity contribution in [1.82, 2.24) is 10.6 Å². The summed E-state index contributed by atoms with van der Waals surface area (Å²) in [6.45, 7) is 6.80. The molecule has 0 spiro atoms. The number of carbonyl (C=O) groups is 2. The Labute approximate surface area is 126 Å². The number of nitrogens with one attached hydrogen (secondary N) is 2. The molecule has 2 amide bonds. The third-order valence-electron chi connectivity index (χ3n) is 3.20. The third kappa shape index (κ3) is 5.55. The summed E-state index contributed by atoms with van der Waals surface area (Å²) >= 11 is 0. The molecule has 1 aromatic rings. The first-order valence-corrected chi connectivity index (χ1v) is 7.31. The molecule has 0 saturated carbocycles. The third-order valence-corrected chi connectivity index (χ3v) is 3.20. The minimum absolute atomic E-state index is 0.0108. The molecule has 0 aliphatic carbocycles. The lowest BCUT2D eigenvalue weighted by atomic mass is 10.0. The Morgan fingerprint density at radius 3 is 2.57 bits per heavy atom. The van der Waals surface area contributed by atoms with Crippen molar-refractivity contribution in [3.8, 4) is 0 Å². The van der Waals surface area contributed by atoms with Crippen LogP contribution in [0.2, 0.25) is 0 Å². The van der Waals surface area contributed by atoms with Gasteiger partial charge in [0.2, 0.25) is 5.91 Å². The fraction of sp³-hybridized carbons (Fsp3) is 0.500. The van der Waals surface area contributed by atoms with Gasteiger partial charge in [0, 0.05) is 12.1 Å². The first-order chi connectivity index (χ1) is 9.95. The first kappa shape index (κ1) is 17.2. The van der Waals surface area contributed by atoms with Crippen LogP contribution in [0.1, 0.15) is 36.2 Å². The highest BCUT2D eigenvalue weighted by molar-refractivity contribution is 5.97. The summed E-state index contributed by atoms with van der Waals surface area (Å²) in [5.74, 6) is -0.387. The van der Waals surface area contributed by atoms with Gasteiger partial charge < -0.3 is 16.4 Å². The highest BCUT2D eigenvalue weighted by Gasteiger charge is 2.24. The largest absolute Gasteiger partial charge is 0.354 e. The van der Waals surface area contributed by atoms with Crippen LogP contribution in [0.5, 0.6) is 0 Å². The summed E-state index contributed by atoms with van der Waals surface area (Å²) < 4.78 is 0. The number of benzene rings is 1. The number of rotatable bonds is 7. The van der Waals surface area contributed by atoms with Crippen LogP contribution in [0, 0.1) is 12.8 Å². The summed E-state index contributed by atoms with van der Waals surface area (Å²) in [5.41, 5.74) is 6.98. The molecule has 1 atom stereocenters. The number of carbonyl (C=O) groups excluding carboxylic acids is 2. The summed E-state index contributed by atoms with van der Waals surface area (Å²) in [7, 11) is 0. The molecule has 1 aromatic carbocycles. The maximum absolute atomic E-state index is 12.2. The van der Waals surface area contributed by atoms with Crippen LogP contribution in [0.25, 0.3) is 0 Å². The molecule has 0 heterocycles. The first-order valence-electron chi connectivity index (χ1n) is 7.31. The van der Waals surface area contributed by atoms with Crippen LogP contribution in [0.4, 0.5) is 0 Å². The highest BCUT2D eigenvalue weighted by Crippen LogP contribution is 2.07. The molecule has 0 saturated heterocycles. The second kappa shape index (κ2) is 8.42. The number of hydrogen-bond acceptors (Lipinski definition) is 3. The molecule has 0 aliphatic heterocycles. The molecule has 21 heavy (non-hydrogen) atoms. The van der Waals surface area contributed by atoms with Gasteiger partial charge in [-0.25, -0.2) is 0 Å². The van der Waals surface area contributed by atoms with Gasteiger partial charge in [0.15, 0.2) is 0 Å². The van der Waals surface area contributed by atoms with Crippen molar-refractivity contribution in [3.63, 3.8) is 0 Å². The Kier molecular flexibility index (Phi) is 6.88. The van der Waals surface area contributed by atoms with E-state index in [1.54, 1.807) is 12.1 Å². The smallest absolute Gasteiger partial charge is 0.251 e. The van der Waals surface area contributed by atoms with E-state index in [0.717, 1.165) is 12.0 Å². The van der Waals surface area contributed by atoms with Crippen LogP contribution in [0.3, 0.4) is 0 Å². The van der Waals surface area contributed by atoms with Crippen molar-refractivity contribution in [3.05, 3.63) is 35.4 Å². The van der Waals surface area contributed by atoms with E-state index >= 15 is 0 Å². The summed E-state index contributed by atoms with van der Waals surface area (Å²) in [5, 5.41) is 5.60. The van der Waals surface area contributed by atoms with Crippen LogP contribution < -0.4 is 16.4 Å². The van der Waals surface area contributed by atoms with Crippen molar-refractivity contribution in [1.29, 1.82) is 0 Å². The van der Waals surface area contributed by atoms with E-state index < -0.39 is 6.04 Å². The zero-order valence-electron chi connectivity index (χ0n) is 13.0. The van der Waals surface area contributed by atoms with Gasteiger partial charge in [-0.05, 0) is 37.9 Å². The molecule has 0 bridgehead atoms. The van der Waals surface area contributed by atoms with Gasteiger partial charge in [0.25, 0.3) is 5.91 Å². The summed E-state index contributed by atoms with van der Waals surface area (Å²) in [6, 6.07) is 6.76. The van der Waals surface area contributed by atoms with E-state index in [4.69, 9.17) is 5.73 Å². The van der Waals surface area contributed by atoms with E-state index in [9.17, 15) is 9.59 Å². The molecule has 4 N–H and O–H groups in total. The van der Waals surface area contributed by atoms with Gasteiger partial charge in [0.1, 0.15) is 6.04 Å². The number of nitrogens with two attached hydrogens (primary N) is 1. The second-order valence-electron chi connectivity index (χ2n) is 5.50. The van der Waals surface area contributed by atoms with Crippen molar-refractivity contribution in [2.45, 2.75) is 33.2 Å². The number of aryl methyl sites for hydroxylation is 1. The topological polar surface area (TPSA) is 84.2 Å². The van der Waals surface area contributed by atoms with Crippen molar-refractivity contribution in [2.24, 2.45) is 11.7 Å². The molecule has 0 aliphatic rings. The van der Waals surface area contributed by atoms with Gasteiger partial charge in [-0.1, -0.05) is 31.5 Å². The fourth-order valence-electron chi connectivity index (χ4n) is 1.97. The van der Waals surface area contributed by atoms with Gasteiger partial charge >= 0.3 is 0 Å². The molecule has 0 fully saturated rings. The zero-order valence-corrected chi connectivity index (χ0v) is 13.0. The Morgan fingerprint density at radius 1 is 1.29 bits per heavy atom. The van der Waals surface area contributed by atoms with E-state index in [1.807, 2.05) is 32.9 Å². The lowest BCUT2D eigenvalue weighted by Crippen LogP contribution is -2.50. The minimum atomic E-state index is -0.546. The lowest BCUT2D eigenvalue weighted by Gasteiger charge is -2.21. The Hall–Kier alpha value is -1.88. The molecule has 0 aromatic heterocycles. The normalized spacial score (nSPS) is 12.0. The number of hydrogen-bond donors (Lipinski definition) is 3. The second-order valence-corrected chi connectivity index (χ2v) is 5.50. The lowest BCUT2D eigenvalue weighted by molar-refractivity contribution is -0.123. The summed E-state index contributed by atoms with van der Waals surface area (Å²) in [4.78, 5) is 24.4. The summed E-state index contributed by atoms with van der Waals surface area (Å²) in [6.07, 6.45) is 0.725. The van der Waals surface area contributed by atoms with Gasteiger partial charge in [-0.3, -0.25) is 9.59 Å². The van der Waals surface area contributed by atoms with E-state index in [2.05, 4.69) is 10.6 Å². The molecule has 0 radical (unpaired) electrons.